The normalized spacial score (nSPS) is 13.0. The van der Waals surface area contributed by atoms with E-state index in [1.165, 1.54) is 19.3 Å². The summed E-state index contributed by atoms with van der Waals surface area (Å²) < 4.78 is 0. The van der Waals surface area contributed by atoms with Crippen molar-refractivity contribution < 1.29 is 0 Å². The Kier molecular flexibility index (Phi) is 6.92. The SMILES string of the molecule is CCCCC(C)(C)CS/C=C/c1nccc(C(C)(C)C)n1. The van der Waals surface area contributed by atoms with E-state index in [4.69, 9.17) is 0 Å². The van der Waals surface area contributed by atoms with E-state index in [9.17, 15) is 0 Å². The molecule has 0 saturated heterocycles. The first kappa shape index (κ1) is 18.2. The van der Waals surface area contributed by atoms with E-state index in [1.807, 2.05) is 30.1 Å². The molecular weight excluding hydrogens is 276 g/mol. The Morgan fingerprint density at radius 2 is 1.90 bits per heavy atom. The molecule has 1 rings (SSSR count). The lowest BCUT2D eigenvalue weighted by Gasteiger charge is -2.22. The molecule has 0 amide bonds. The molecule has 0 bridgehead atoms. The highest BCUT2D eigenvalue weighted by Gasteiger charge is 2.17. The van der Waals surface area contributed by atoms with Crippen molar-refractivity contribution in [2.75, 3.05) is 5.75 Å². The van der Waals surface area contributed by atoms with Gasteiger partial charge in [-0.15, -0.1) is 11.8 Å². The number of thioether (sulfide) groups is 1. The average Bonchev–Trinajstić information content (AvgIpc) is 2.41. The summed E-state index contributed by atoms with van der Waals surface area (Å²) in [7, 11) is 0. The molecule has 0 atom stereocenters. The van der Waals surface area contributed by atoms with Crippen LogP contribution >= 0.6 is 11.8 Å². The van der Waals surface area contributed by atoms with Crippen molar-refractivity contribution in [3.63, 3.8) is 0 Å². The maximum atomic E-state index is 4.62. The number of hydrogen-bond donors (Lipinski definition) is 0. The van der Waals surface area contributed by atoms with Crippen LogP contribution in [0.4, 0.5) is 0 Å². The predicted molar refractivity (Wildman–Crippen MR) is 95.5 cm³/mol. The van der Waals surface area contributed by atoms with Crippen molar-refractivity contribution in [3.8, 4) is 0 Å². The van der Waals surface area contributed by atoms with Gasteiger partial charge in [-0.3, -0.25) is 0 Å². The van der Waals surface area contributed by atoms with Crippen LogP contribution in [0.3, 0.4) is 0 Å². The second kappa shape index (κ2) is 7.98. The molecule has 118 valence electrons. The van der Waals surface area contributed by atoms with Crippen molar-refractivity contribution in [1.82, 2.24) is 9.97 Å². The highest BCUT2D eigenvalue weighted by molar-refractivity contribution is 8.02. The van der Waals surface area contributed by atoms with Crippen LogP contribution in [-0.4, -0.2) is 15.7 Å². The fraction of sp³-hybridized carbons (Fsp3) is 0.667. The topological polar surface area (TPSA) is 25.8 Å². The van der Waals surface area contributed by atoms with Crippen LogP contribution < -0.4 is 0 Å². The summed E-state index contributed by atoms with van der Waals surface area (Å²) in [4.78, 5) is 8.94. The van der Waals surface area contributed by atoms with Gasteiger partial charge < -0.3 is 0 Å². The van der Waals surface area contributed by atoms with Gasteiger partial charge in [0, 0.05) is 23.1 Å². The van der Waals surface area contributed by atoms with E-state index >= 15 is 0 Å². The lowest BCUT2D eigenvalue weighted by Crippen LogP contribution is -2.14. The number of nitrogens with zero attached hydrogens (tertiary/aromatic N) is 2. The minimum atomic E-state index is 0.0703. The van der Waals surface area contributed by atoms with Gasteiger partial charge in [0.1, 0.15) is 0 Å². The molecule has 3 heteroatoms. The van der Waals surface area contributed by atoms with Crippen molar-refractivity contribution in [2.45, 2.75) is 66.2 Å². The third kappa shape index (κ3) is 7.12. The zero-order valence-electron chi connectivity index (χ0n) is 14.4. The van der Waals surface area contributed by atoms with Gasteiger partial charge in [-0.05, 0) is 29.4 Å². The van der Waals surface area contributed by atoms with Crippen LogP contribution in [0.25, 0.3) is 6.08 Å². The maximum Gasteiger partial charge on any atom is 0.152 e. The highest BCUT2D eigenvalue weighted by atomic mass is 32.2. The Morgan fingerprint density at radius 3 is 2.52 bits per heavy atom. The summed E-state index contributed by atoms with van der Waals surface area (Å²) >= 11 is 1.86. The second-order valence-electron chi connectivity index (χ2n) is 7.43. The number of aromatic nitrogens is 2. The van der Waals surface area contributed by atoms with Gasteiger partial charge >= 0.3 is 0 Å². The van der Waals surface area contributed by atoms with Gasteiger partial charge in [-0.25, -0.2) is 9.97 Å². The first-order chi connectivity index (χ1) is 9.74. The van der Waals surface area contributed by atoms with E-state index in [2.05, 4.69) is 56.9 Å². The molecule has 0 radical (unpaired) electrons. The smallest absolute Gasteiger partial charge is 0.152 e. The third-order valence-electron chi connectivity index (χ3n) is 3.44. The lowest BCUT2D eigenvalue weighted by atomic mass is 9.90. The van der Waals surface area contributed by atoms with Crippen LogP contribution in [0, 0.1) is 5.41 Å². The molecule has 0 fully saturated rings. The van der Waals surface area contributed by atoms with Crippen molar-refractivity contribution in [3.05, 3.63) is 29.2 Å². The maximum absolute atomic E-state index is 4.62. The van der Waals surface area contributed by atoms with Gasteiger partial charge in [0.15, 0.2) is 5.82 Å². The largest absolute Gasteiger partial charge is 0.237 e. The molecule has 0 aliphatic rings. The van der Waals surface area contributed by atoms with Crippen molar-refractivity contribution >= 4 is 17.8 Å². The summed E-state index contributed by atoms with van der Waals surface area (Å²) in [6, 6.07) is 2.00. The van der Waals surface area contributed by atoms with Gasteiger partial charge in [0.05, 0.1) is 0 Å². The molecular formula is C18H30N2S. The third-order valence-corrected chi connectivity index (χ3v) is 4.71. The average molecular weight is 307 g/mol. The predicted octanol–water partition coefficient (Wildman–Crippen LogP) is 5.69. The Labute approximate surface area is 134 Å². The molecule has 0 saturated carbocycles. The molecule has 2 nitrogen and oxygen atoms in total. The van der Waals surface area contributed by atoms with Gasteiger partial charge in [-0.2, -0.15) is 0 Å². The summed E-state index contributed by atoms with van der Waals surface area (Å²) in [5.74, 6) is 1.95. The molecule has 0 spiro atoms. The number of rotatable bonds is 7. The first-order valence-electron chi connectivity index (χ1n) is 7.86. The van der Waals surface area contributed by atoms with E-state index in [1.54, 1.807) is 0 Å². The molecule has 1 aromatic rings. The van der Waals surface area contributed by atoms with Crippen molar-refractivity contribution in [1.29, 1.82) is 0 Å². The van der Waals surface area contributed by atoms with Gasteiger partial charge in [-0.1, -0.05) is 54.4 Å². The Hall–Kier alpha value is -0.830. The van der Waals surface area contributed by atoms with E-state index < -0.39 is 0 Å². The Balaban J connectivity index is 2.54. The van der Waals surface area contributed by atoms with E-state index in [0.717, 1.165) is 17.3 Å². The first-order valence-corrected chi connectivity index (χ1v) is 8.91. The number of hydrogen-bond acceptors (Lipinski definition) is 3. The van der Waals surface area contributed by atoms with Crippen LogP contribution in [0.1, 0.15) is 72.3 Å². The molecule has 0 aliphatic heterocycles. The molecule has 0 N–H and O–H groups in total. The molecule has 0 aromatic carbocycles. The lowest BCUT2D eigenvalue weighted by molar-refractivity contribution is 0.373. The summed E-state index contributed by atoms with van der Waals surface area (Å²) in [6.07, 6.45) is 7.75. The minimum absolute atomic E-state index is 0.0703. The molecule has 0 aliphatic carbocycles. The fourth-order valence-electron chi connectivity index (χ4n) is 1.98. The van der Waals surface area contributed by atoms with Gasteiger partial charge in [0.2, 0.25) is 0 Å². The van der Waals surface area contributed by atoms with E-state index in [0.29, 0.717) is 5.41 Å². The molecule has 1 aromatic heterocycles. The summed E-state index contributed by atoms with van der Waals surface area (Å²) in [6.45, 7) is 13.5. The number of unbranched alkanes of at least 4 members (excludes halogenated alkanes) is 1. The van der Waals surface area contributed by atoms with Crippen LogP contribution in [0.2, 0.25) is 0 Å². The molecule has 0 unspecified atom stereocenters. The van der Waals surface area contributed by atoms with Crippen molar-refractivity contribution in [2.24, 2.45) is 5.41 Å². The Morgan fingerprint density at radius 1 is 1.19 bits per heavy atom. The second-order valence-corrected chi connectivity index (χ2v) is 8.33. The summed E-state index contributed by atoms with van der Waals surface area (Å²) in [5, 5.41) is 2.13. The zero-order chi connectivity index (χ0) is 15.9. The quantitative estimate of drug-likeness (QED) is 0.646. The summed E-state index contributed by atoms with van der Waals surface area (Å²) in [5.41, 5.74) is 1.56. The monoisotopic (exact) mass is 306 g/mol. The zero-order valence-corrected chi connectivity index (χ0v) is 15.3. The van der Waals surface area contributed by atoms with E-state index in [-0.39, 0.29) is 5.41 Å². The van der Waals surface area contributed by atoms with Gasteiger partial charge in [0.25, 0.3) is 0 Å². The van der Waals surface area contributed by atoms with Crippen LogP contribution in [0.5, 0.6) is 0 Å². The molecule has 1 heterocycles. The fourth-order valence-corrected chi connectivity index (χ4v) is 2.89. The van der Waals surface area contributed by atoms with Crippen LogP contribution in [-0.2, 0) is 5.41 Å². The highest BCUT2D eigenvalue weighted by Crippen LogP contribution is 2.28. The van der Waals surface area contributed by atoms with Crippen LogP contribution in [0.15, 0.2) is 17.7 Å². The minimum Gasteiger partial charge on any atom is -0.237 e. The Bertz CT molecular complexity index is 459. The molecule has 21 heavy (non-hydrogen) atoms. The standard InChI is InChI=1S/C18H30N2S/c1-7-8-11-18(5,6)14-21-13-10-16-19-12-9-15(20-16)17(2,3)4/h9-10,12-13H,7-8,11,14H2,1-6H3/b13-10+.